The molecule has 1 aliphatic carbocycles. The molecule has 0 unspecified atom stereocenters. The number of benzene rings is 2. The van der Waals surface area contributed by atoms with Gasteiger partial charge in [0.1, 0.15) is 11.4 Å². The third-order valence-corrected chi connectivity index (χ3v) is 5.33. The Bertz CT molecular complexity index is 983. The van der Waals surface area contributed by atoms with Crippen molar-refractivity contribution in [3.8, 4) is 0 Å². The van der Waals surface area contributed by atoms with E-state index < -0.39 is 0 Å². The molecule has 2 aromatic rings. The molecule has 0 aromatic heterocycles. The van der Waals surface area contributed by atoms with Gasteiger partial charge in [0, 0.05) is 35.5 Å². The maximum Gasteiger partial charge on any atom is 0.212 e. The summed E-state index contributed by atoms with van der Waals surface area (Å²) < 4.78 is 0. The van der Waals surface area contributed by atoms with E-state index in [0.717, 1.165) is 32.4 Å². The van der Waals surface area contributed by atoms with Crippen molar-refractivity contribution in [2.45, 2.75) is 26.2 Å². The number of rotatable bonds is 4. The first kappa shape index (κ1) is 18.2. The highest BCUT2D eigenvalue weighted by molar-refractivity contribution is 6.27. The molecule has 5 heteroatoms. The molecule has 142 valence electrons. The predicted molar refractivity (Wildman–Crippen MR) is 108 cm³/mol. The van der Waals surface area contributed by atoms with Crippen molar-refractivity contribution in [1.82, 2.24) is 4.90 Å². The summed E-state index contributed by atoms with van der Waals surface area (Å²) in [4.78, 5) is 40.0. The zero-order valence-electron chi connectivity index (χ0n) is 15.8. The summed E-state index contributed by atoms with van der Waals surface area (Å²) in [6, 6.07) is 13.9. The summed E-state index contributed by atoms with van der Waals surface area (Å²) in [5, 5.41) is 3.17. The summed E-state index contributed by atoms with van der Waals surface area (Å²) in [6.07, 6.45) is 3.15. The molecule has 2 aromatic carbocycles. The minimum absolute atomic E-state index is 0.0161. The van der Waals surface area contributed by atoms with E-state index in [1.807, 2.05) is 4.90 Å². The monoisotopic (exact) mass is 374 g/mol. The van der Waals surface area contributed by atoms with Crippen molar-refractivity contribution in [1.29, 1.82) is 0 Å². The van der Waals surface area contributed by atoms with Crippen LogP contribution in [0.2, 0.25) is 0 Å². The van der Waals surface area contributed by atoms with E-state index in [-0.39, 0.29) is 17.3 Å². The van der Waals surface area contributed by atoms with Crippen molar-refractivity contribution in [2.75, 3.05) is 18.4 Å². The van der Waals surface area contributed by atoms with Gasteiger partial charge in [0.2, 0.25) is 11.6 Å². The Kier molecular flexibility index (Phi) is 4.82. The van der Waals surface area contributed by atoms with Crippen LogP contribution in [-0.2, 0) is 0 Å². The minimum atomic E-state index is -0.175. The molecule has 1 aliphatic heterocycles. The van der Waals surface area contributed by atoms with Gasteiger partial charge in [-0.3, -0.25) is 14.4 Å². The van der Waals surface area contributed by atoms with Gasteiger partial charge in [0.15, 0.2) is 5.78 Å². The first-order valence-electron chi connectivity index (χ1n) is 9.62. The number of likely N-dealkylation sites (tertiary alicyclic amines) is 1. The number of nitrogens with zero attached hydrogens (tertiary/aromatic N) is 1. The average molecular weight is 374 g/mol. The molecule has 1 N–H and O–H groups in total. The van der Waals surface area contributed by atoms with E-state index in [1.54, 1.807) is 48.5 Å². The van der Waals surface area contributed by atoms with E-state index in [9.17, 15) is 14.4 Å². The van der Waals surface area contributed by atoms with Gasteiger partial charge < -0.3 is 10.2 Å². The molecular weight excluding hydrogens is 352 g/mol. The van der Waals surface area contributed by atoms with Gasteiger partial charge in [-0.25, -0.2) is 0 Å². The van der Waals surface area contributed by atoms with Gasteiger partial charge in [-0.2, -0.15) is 0 Å². The second kappa shape index (κ2) is 7.43. The Balaban J connectivity index is 1.77. The van der Waals surface area contributed by atoms with Gasteiger partial charge in [-0.15, -0.1) is 0 Å². The highest BCUT2D eigenvalue weighted by Crippen LogP contribution is 2.31. The number of fused-ring (bicyclic) bond motifs is 1. The minimum Gasteiger partial charge on any atom is -0.367 e. The summed E-state index contributed by atoms with van der Waals surface area (Å²) in [7, 11) is 0. The standard InChI is InChI=1S/C23H22N2O3/c1-15(26)16-9-11-17(12-10-16)24-20-21(25-13-5-2-6-14-25)23(28)19-8-4-3-7-18(19)22(20)27/h3-4,7-12,24H,2,5-6,13-14H2,1H3. The Morgan fingerprint density at radius 2 is 1.46 bits per heavy atom. The zero-order chi connectivity index (χ0) is 19.7. The van der Waals surface area contributed by atoms with Crippen LogP contribution in [0.5, 0.6) is 0 Å². The number of piperidine rings is 1. The zero-order valence-corrected chi connectivity index (χ0v) is 15.8. The van der Waals surface area contributed by atoms with Crippen molar-refractivity contribution in [3.63, 3.8) is 0 Å². The van der Waals surface area contributed by atoms with Crippen LogP contribution in [0.25, 0.3) is 0 Å². The number of nitrogens with one attached hydrogen (secondary N) is 1. The Morgan fingerprint density at radius 3 is 2.07 bits per heavy atom. The van der Waals surface area contributed by atoms with Crippen LogP contribution in [0, 0.1) is 0 Å². The molecule has 0 bridgehead atoms. The normalized spacial score (nSPS) is 16.8. The van der Waals surface area contributed by atoms with Gasteiger partial charge in [0.25, 0.3) is 0 Å². The fourth-order valence-electron chi connectivity index (χ4n) is 3.83. The smallest absolute Gasteiger partial charge is 0.212 e. The first-order valence-corrected chi connectivity index (χ1v) is 9.62. The van der Waals surface area contributed by atoms with Crippen molar-refractivity contribution in [3.05, 3.63) is 76.6 Å². The molecule has 0 radical (unpaired) electrons. The number of anilines is 1. The predicted octanol–water partition coefficient (Wildman–Crippen LogP) is 4.08. The van der Waals surface area contributed by atoms with E-state index in [2.05, 4.69) is 5.32 Å². The second-order valence-electron chi connectivity index (χ2n) is 7.23. The maximum absolute atomic E-state index is 13.3. The van der Waals surface area contributed by atoms with E-state index >= 15 is 0 Å². The average Bonchev–Trinajstić information content (AvgIpc) is 2.73. The first-order chi connectivity index (χ1) is 13.6. The topological polar surface area (TPSA) is 66.5 Å². The Morgan fingerprint density at radius 1 is 0.857 bits per heavy atom. The van der Waals surface area contributed by atoms with Crippen LogP contribution in [0.3, 0.4) is 0 Å². The molecule has 5 nitrogen and oxygen atoms in total. The van der Waals surface area contributed by atoms with Crippen LogP contribution in [0.4, 0.5) is 5.69 Å². The number of allylic oxidation sites excluding steroid dienone is 2. The molecule has 0 amide bonds. The summed E-state index contributed by atoms with van der Waals surface area (Å²) in [5.74, 6) is -0.302. The van der Waals surface area contributed by atoms with Crippen molar-refractivity contribution >= 4 is 23.0 Å². The molecule has 0 atom stereocenters. The van der Waals surface area contributed by atoms with Crippen LogP contribution in [-0.4, -0.2) is 35.3 Å². The van der Waals surface area contributed by atoms with E-state index in [4.69, 9.17) is 0 Å². The molecule has 28 heavy (non-hydrogen) atoms. The summed E-state index contributed by atoms with van der Waals surface area (Å²) in [5.41, 5.74) is 2.95. The van der Waals surface area contributed by atoms with Crippen molar-refractivity contribution < 1.29 is 14.4 Å². The van der Waals surface area contributed by atoms with Crippen LogP contribution < -0.4 is 5.32 Å². The molecule has 4 rings (SSSR count). The fourth-order valence-corrected chi connectivity index (χ4v) is 3.83. The molecule has 2 aliphatic rings. The van der Waals surface area contributed by atoms with E-state index in [0.29, 0.717) is 33.8 Å². The molecule has 1 fully saturated rings. The number of ketones is 3. The lowest BCUT2D eigenvalue weighted by Crippen LogP contribution is -2.39. The third kappa shape index (κ3) is 3.24. The molecule has 1 heterocycles. The summed E-state index contributed by atoms with van der Waals surface area (Å²) >= 11 is 0. The molecular formula is C23H22N2O3. The largest absolute Gasteiger partial charge is 0.367 e. The summed E-state index contributed by atoms with van der Waals surface area (Å²) in [6.45, 7) is 3.05. The Labute approximate surface area is 164 Å². The highest BCUT2D eigenvalue weighted by atomic mass is 16.1. The van der Waals surface area contributed by atoms with Crippen LogP contribution in [0.15, 0.2) is 59.9 Å². The number of hydrogen-bond acceptors (Lipinski definition) is 5. The Hall–Kier alpha value is -3.21. The van der Waals surface area contributed by atoms with Gasteiger partial charge in [-0.05, 0) is 50.5 Å². The molecule has 0 spiro atoms. The number of carbonyl (C=O) groups excluding carboxylic acids is 3. The number of Topliss-reactive ketones (excluding diaryl/α,β-unsaturated/α-hetero) is 3. The third-order valence-electron chi connectivity index (χ3n) is 5.33. The quantitative estimate of drug-likeness (QED) is 0.817. The SMILES string of the molecule is CC(=O)c1ccc(NC2=C(N3CCCCC3)C(=O)c3ccccc3C2=O)cc1. The lowest BCUT2D eigenvalue weighted by atomic mass is 9.89. The second-order valence-corrected chi connectivity index (χ2v) is 7.23. The number of carbonyl (C=O) groups is 3. The van der Waals surface area contributed by atoms with Crippen LogP contribution >= 0.6 is 0 Å². The van der Waals surface area contributed by atoms with Gasteiger partial charge >= 0.3 is 0 Å². The van der Waals surface area contributed by atoms with Crippen molar-refractivity contribution in [2.24, 2.45) is 0 Å². The van der Waals surface area contributed by atoms with E-state index in [1.165, 1.54) is 6.92 Å². The van der Waals surface area contributed by atoms with Gasteiger partial charge in [-0.1, -0.05) is 24.3 Å². The lowest BCUT2D eigenvalue weighted by molar-refractivity contribution is 0.0935. The number of hydrogen-bond donors (Lipinski definition) is 1. The maximum atomic E-state index is 13.3. The van der Waals surface area contributed by atoms with Gasteiger partial charge in [0.05, 0.1) is 0 Å². The highest BCUT2D eigenvalue weighted by Gasteiger charge is 2.35. The lowest BCUT2D eigenvalue weighted by Gasteiger charge is -2.34. The molecule has 0 saturated carbocycles. The van der Waals surface area contributed by atoms with Crippen LogP contribution in [0.1, 0.15) is 57.3 Å². The molecule has 1 saturated heterocycles. The fraction of sp³-hybridized carbons (Fsp3) is 0.261.